The Balaban J connectivity index is 2.41. The normalized spacial score (nSPS) is 12.7. The van der Waals surface area contributed by atoms with Crippen molar-refractivity contribution in [3.05, 3.63) is 52.8 Å². The summed E-state index contributed by atoms with van der Waals surface area (Å²) >= 11 is 0. The van der Waals surface area contributed by atoms with Crippen molar-refractivity contribution in [2.45, 2.75) is 26.3 Å². The van der Waals surface area contributed by atoms with Gasteiger partial charge in [0.05, 0.1) is 17.4 Å². The van der Waals surface area contributed by atoms with Gasteiger partial charge in [-0.25, -0.2) is 0 Å². The van der Waals surface area contributed by atoms with Gasteiger partial charge in [-0.1, -0.05) is 36.8 Å². The number of rotatable bonds is 4. The van der Waals surface area contributed by atoms with E-state index in [1.165, 1.54) is 16.8 Å². The molecule has 1 unspecified atom stereocenters. The lowest BCUT2D eigenvalue weighted by Gasteiger charge is -2.17. The van der Waals surface area contributed by atoms with E-state index >= 15 is 0 Å². The highest BCUT2D eigenvalue weighted by Crippen LogP contribution is 2.23. The summed E-state index contributed by atoms with van der Waals surface area (Å²) in [6, 6.07) is 11.0. The zero-order valence-electron chi connectivity index (χ0n) is 11.6. The second-order valence-electron chi connectivity index (χ2n) is 4.67. The molecular weight excluding hydrogens is 222 g/mol. The molecule has 2 aromatic rings. The Labute approximate surface area is 109 Å². The molecule has 1 heterocycles. The molecule has 1 aromatic carbocycles. The topological polar surface area (TPSA) is 29.9 Å². The van der Waals surface area contributed by atoms with Crippen LogP contribution in [-0.2, 0) is 13.5 Å². The molecule has 0 fully saturated rings. The maximum Gasteiger partial charge on any atom is 0.0745 e. The fourth-order valence-electron chi connectivity index (χ4n) is 2.32. The van der Waals surface area contributed by atoms with Gasteiger partial charge >= 0.3 is 0 Å². The van der Waals surface area contributed by atoms with Gasteiger partial charge in [-0.3, -0.25) is 4.68 Å². The minimum absolute atomic E-state index is 0.197. The fraction of sp³-hybridized carbons (Fsp3) is 0.400. The highest BCUT2D eigenvalue weighted by Gasteiger charge is 2.16. The largest absolute Gasteiger partial charge is 0.308 e. The first-order valence-electron chi connectivity index (χ1n) is 6.42. The lowest BCUT2D eigenvalue weighted by atomic mass is 10.0. The molecule has 18 heavy (non-hydrogen) atoms. The summed E-state index contributed by atoms with van der Waals surface area (Å²) in [6.07, 6.45) is 0.970. The summed E-state index contributed by atoms with van der Waals surface area (Å²) in [5, 5.41) is 7.90. The van der Waals surface area contributed by atoms with Crippen LogP contribution in [0.3, 0.4) is 0 Å². The van der Waals surface area contributed by atoms with E-state index in [1.807, 2.05) is 18.8 Å². The third-order valence-corrected chi connectivity index (χ3v) is 3.29. The number of hydrogen-bond donors (Lipinski definition) is 1. The van der Waals surface area contributed by atoms with Gasteiger partial charge in [0.15, 0.2) is 0 Å². The Bertz CT molecular complexity index is 528. The van der Waals surface area contributed by atoms with Crippen LogP contribution in [0.25, 0.3) is 0 Å². The smallest absolute Gasteiger partial charge is 0.0745 e. The Hall–Kier alpha value is -1.61. The molecule has 0 aliphatic heterocycles. The molecule has 0 aliphatic carbocycles. The molecular formula is C15H21N3. The number of aryl methyl sites for hydroxylation is 3. The van der Waals surface area contributed by atoms with Gasteiger partial charge in [-0.05, 0) is 32.0 Å². The first kappa shape index (κ1) is 12.8. The SMILES string of the molecule is CCc1cc(C(NC)c2cccc(C)c2)n(C)n1. The molecule has 3 nitrogen and oxygen atoms in total. The van der Waals surface area contributed by atoms with E-state index in [2.05, 4.69) is 54.6 Å². The number of nitrogens with zero attached hydrogens (tertiary/aromatic N) is 2. The summed E-state index contributed by atoms with van der Waals surface area (Å²) in [6.45, 7) is 4.25. The summed E-state index contributed by atoms with van der Waals surface area (Å²) in [7, 11) is 4.00. The summed E-state index contributed by atoms with van der Waals surface area (Å²) < 4.78 is 1.97. The molecule has 0 saturated heterocycles. The van der Waals surface area contributed by atoms with Crippen LogP contribution < -0.4 is 5.32 Å². The first-order valence-corrected chi connectivity index (χ1v) is 6.42. The lowest BCUT2D eigenvalue weighted by Crippen LogP contribution is -2.20. The van der Waals surface area contributed by atoms with Crippen molar-refractivity contribution in [3.8, 4) is 0 Å². The average Bonchev–Trinajstić information content (AvgIpc) is 2.72. The third kappa shape index (κ3) is 2.46. The van der Waals surface area contributed by atoms with Gasteiger partial charge in [-0.2, -0.15) is 5.10 Å². The molecule has 1 atom stereocenters. The Morgan fingerprint density at radius 2 is 2.11 bits per heavy atom. The molecule has 0 spiro atoms. The van der Waals surface area contributed by atoms with Crippen LogP contribution in [0.1, 0.15) is 35.5 Å². The minimum atomic E-state index is 0.197. The van der Waals surface area contributed by atoms with Gasteiger partial charge in [0.25, 0.3) is 0 Å². The predicted molar refractivity (Wildman–Crippen MR) is 74.7 cm³/mol. The highest BCUT2D eigenvalue weighted by molar-refractivity contribution is 5.31. The van der Waals surface area contributed by atoms with Crippen LogP contribution >= 0.6 is 0 Å². The van der Waals surface area contributed by atoms with E-state index in [4.69, 9.17) is 0 Å². The van der Waals surface area contributed by atoms with E-state index in [1.54, 1.807) is 0 Å². The Kier molecular flexibility index (Phi) is 3.82. The van der Waals surface area contributed by atoms with Crippen LogP contribution in [0.15, 0.2) is 30.3 Å². The first-order chi connectivity index (χ1) is 8.65. The van der Waals surface area contributed by atoms with E-state index < -0.39 is 0 Å². The zero-order chi connectivity index (χ0) is 13.1. The molecule has 0 aliphatic rings. The molecule has 3 heteroatoms. The summed E-state index contributed by atoms with van der Waals surface area (Å²) in [4.78, 5) is 0. The van der Waals surface area contributed by atoms with Gasteiger partial charge in [0.1, 0.15) is 0 Å². The zero-order valence-corrected chi connectivity index (χ0v) is 11.6. The van der Waals surface area contributed by atoms with Crippen LogP contribution in [0.5, 0.6) is 0 Å². The van der Waals surface area contributed by atoms with Gasteiger partial charge < -0.3 is 5.32 Å². The van der Waals surface area contributed by atoms with Gasteiger partial charge in [0, 0.05) is 7.05 Å². The number of benzene rings is 1. The number of aromatic nitrogens is 2. The molecule has 0 radical (unpaired) electrons. The van der Waals surface area contributed by atoms with Crippen molar-refractivity contribution in [2.24, 2.45) is 7.05 Å². The molecule has 1 N–H and O–H groups in total. The Morgan fingerprint density at radius 1 is 1.33 bits per heavy atom. The van der Waals surface area contributed by atoms with Crippen molar-refractivity contribution >= 4 is 0 Å². The lowest BCUT2D eigenvalue weighted by molar-refractivity contribution is 0.603. The van der Waals surface area contributed by atoms with Crippen molar-refractivity contribution < 1.29 is 0 Å². The number of nitrogens with one attached hydrogen (secondary N) is 1. The molecule has 0 bridgehead atoms. The quantitative estimate of drug-likeness (QED) is 0.894. The maximum atomic E-state index is 4.52. The Morgan fingerprint density at radius 3 is 2.67 bits per heavy atom. The van der Waals surface area contributed by atoms with E-state index in [-0.39, 0.29) is 6.04 Å². The second kappa shape index (κ2) is 5.36. The summed E-state index contributed by atoms with van der Waals surface area (Å²) in [5.41, 5.74) is 4.91. The molecule has 96 valence electrons. The van der Waals surface area contributed by atoms with Crippen LogP contribution in [0, 0.1) is 6.92 Å². The van der Waals surface area contributed by atoms with Gasteiger partial charge in [0.2, 0.25) is 0 Å². The van der Waals surface area contributed by atoms with Crippen molar-refractivity contribution in [3.63, 3.8) is 0 Å². The monoisotopic (exact) mass is 243 g/mol. The predicted octanol–water partition coefficient (Wildman–Crippen LogP) is 2.60. The van der Waals surface area contributed by atoms with Crippen molar-refractivity contribution in [1.29, 1.82) is 0 Å². The van der Waals surface area contributed by atoms with Gasteiger partial charge in [-0.15, -0.1) is 0 Å². The molecule has 0 amide bonds. The van der Waals surface area contributed by atoms with Crippen LogP contribution in [0.4, 0.5) is 0 Å². The molecule has 1 aromatic heterocycles. The van der Waals surface area contributed by atoms with E-state index in [0.29, 0.717) is 0 Å². The van der Waals surface area contributed by atoms with Crippen molar-refractivity contribution in [2.75, 3.05) is 7.05 Å². The van der Waals surface area contributed by atoms with Crippen LogP contribution in [0.2, 0.25) is 0 Å². The minimum Gasteiger partial charge on any atom is -0.308 e. The summed E-state index contributed by atoms with van der Waals surface area (Å²) in [5.74, 6) is 0. The fourth-order valence-corrected chi connectivity index (χ4v) is 2.32. The highest BCUT2D eigenvalue weighted by atomic mass is 15.3. The molecule has 2 rings (SSSR count). The number of hydrogen-bond acceptors (Lipinski definition) is 2. The second-order valence-corrected chi connectivity index (χ2v) is 4.67. The van der Waals surface area contributed by atoms with Crippen molar-refractivity contribution in [1.82, 2.24) is 15.1 Å². The third-order valence-electron chi connectivity index (χ3n) is 3.29. The van der Waals surface area contributed by atoms with Crippen LogP contribution in [-0.4, -0.2) is 16.8 Å². The van der Waals surface area contributed by atoms with E-state index in [0.717, 1.165) is 12.1 Å². The standard InChI is InChI=1S/C15H21N3/c1-5-13-10-14(18(4)17-13)15(16-3)12-8-6-7-11(2)9-12/h6-10,15-16H,5H2,1-4H3. The molecule has 0 saturated carbocycles. The van der Waals surface area contributed by atoms with E-state index in [9.17, 15) is 0 Å². The average molecular weight is 243 g/mol. The maximum absolute atomic E-state index is 4.52.